The second kappa shape index (κ2) is 5.22. The highest BCUT2D eigenvalue weighted by Gasteiger charge is 2.35. The van der Waals surface area contributed by atoms with Gasteiger partial charge in [-0.25, -0.2) is 0 Å². The fourth-order valence-corrected chi connectivity index (χ4v) is 2.18. The Morgan fingerprint density at radius 1 is 1.26 bits per heavy atom. The smallest absolute Gasteiger partial charge is 0.303 e. The molecule has 2 rings (SSSR count). The molecule has 0 spiro atoms. The average Bonchev–Trinajstić information content (AvgIpc) is 2.59. The summed E-state index contributed by atoms with van der Waals surface area (Å²) in [5.41, 5.74) is 2.02. The predicted molar refractivity (Wildman–Crippen MR) is 69.3 cm³/mol. The van der Waals surface area contributed by atoms with Crippen molar-refractivity contribution in [1.82, 2.24) is 0 Å². The van der Waals surface area contributed by atoms with E-state index < -0.39 is 17.7 Å². The van der Waals surface area contributed by atoms with E-state index in [4.69, 9.17) is 5.11 Å². The molecule has 0 atom stereocenters. The number of unbranched alkanes of at least 4 members (excludes halogenated alkanes) is 1. The van der Waals surface area contributed by atoms with Crippen LogP contribution in [0.25, 0.3) is 0 Å². The number of carbonyl (C=O) groups is 3. The molecule has 0 aliphatic carbocycles. The van der Waals surface area contributed by atoms with Gasteiger partial charge >= 0.3 is 5.97 Å². The Kier molecular flexibility index (Phi) is 3.64. The van der Waals surface area contributed by atoms with Gasteiger partial charge < -0.3 is 10.0 Å². The zero-order valence-corrected chi connectivity index (χ0v) is 10.7. The number of Topliss-reactive ketones (excluding diaryl/α,β-unsaturated/α-hetero) is 1. The van der Waals surface area contributed by atoms with Crippen molar-refractivity contribution in [2.24, 2.45) is 0 Å². The third-order valence-electron chi connectivity index (χ3n) is 3.15. The van der Waals surface area contributed by atoms with Gasteiger partial charge in [-0.15, -0.1) is 0 Å². The highest BCUT2D eigenvalue weighted by molar-refractivity contribution is 6.52. The maximum atomic E-state index is 11.9. The van der Waals surface area contributed by atoms with E-state index >= 15 is 0 Å². The van der Waals surface area contributed by atoms with Crippen LogP contribution < -0.4 is 4.90 Å². The van der Waals surface area contributed by atoms with Crippen molar-refractivity contribution < 1.29 is 19.5 Å². The lowest BCUT2D eigenvalue weighted by Gasteiger charge is -2.16. The molecule has 1 N–H and O–H groups in total. The van der Waals surface area contributed by atoms with E-state index in [1.54, 1.807) is 12.1 Å². The van der Waals surface area contributed by atoms with Gasteiger partial charge in [0.1, 0.15) is 0 Å². The van der Waals surface area contributed by atoms with E-state index in [1.165, 1.54) is 4.90 Å². The normalized spacial score (nSPS) is 13.8. The third kappa shape index (κ3) is 2.65. The predicted octanol–water partition coefficient (Wildman–Crippen LogP) is 1.78. The van der Waals surface area contributed by atoms with Crippen LogP contribution in [0.15, 0.2) is 18.2 Å². The van der Waals surface area contributed by atoms with Crippen LogP contribution in [0.3, 0.4) is 0 Å². The number of carboxylic acid groups (broad SMARTS) is 1. The summed E-state index contributed by atoms with van der Waals surface area (Å²) in [7, 11) is 0. The van der Waals surface area contributed by atoms with Gasteiger partial charge in [0.25, 0.3) is 11.7 Å². The minimum Gasteiger partial charge on any atom is -0.481 e. The van der Waals surface area contributed by atoms with Crippen LogP contribution in [0.1, 0.15) is 35.2 Å². The molecule has 0 radical (unpaired) electrons. The Balaban J connectivity index is 2.08. The lowest BCUT2D eigenvalue weighted by atomic mass is 10.1. The quantitative estimate of drug-likeness (QED) is 0.647. The fraction of sp³-hybridized carbons (Fsp3) is 0.357. The summed E-state index contributed by atoms with van der Waals surface area (Å²) in [6, 6.07) is 5.34. The number of nitrogens with zero attached hydrogens (tertiary/aromatic N) is 1. The maximum absolute atomic E-state index is 11.9. The number of carbonyl (C=O) groups excluding carboxylic acids is 2. The first-order valence-corrected chi connectivity index (χ1v) is 6.19. The summed E-state index contributed by atoms with van der Waals surface area (Å²) in [4.78, 5) is 35.5. The molecule has 1 aliphatic rings. The maximum Gasteiger partial charge on any atom is 0.303 e. The highest BCUT2D eigenvalue weighted by atomic mass is 16.4. The molecular formula is C14H15NO4. The molecule has 1 aliphatic heterocycles. The lowest BCUT2D eigenvalue weighted by molar-refractivity contribution is -0.137. The Morgan fingerprint density at radius 2 is 2.00 bits per heavy atom. The molecule has 0 aromatic heterocycles. The second-order valence-corrected chi connectivity index (χ2v) is 4.66. The van der Waals surface area contributed by atoms with Crippen molar-refractivity contribution in [3.05, 3.63) is 29.3 Å². The number of amides is 1. The summed E-state index contributed by atoms with van der Waals surface area (Å²) < 4.78 is 0. The molecule has 100 valence electrons. The van der Waals surface area contributed by atoms with Crippen LogP contribution in [-0.2, 0) is 9.59 Å². The van der Waals surface area contributed by atoms with Gasteiger partial charge in [0, 0.05) is 13.0 Å². The van der Waals surface area contributed by atoms with Gasteiger partial charge in [0.15, 0.2) is 0 Å². The van der Waals surface area contributed by atoms with E-state index in [0.29, 0.717) is 30.6 Å². The number of aryl methyl sites for hydroxylation is 1. The monoisotopic (exact) mass is 261 g/mol. The van der Waals surface area contributed by atoms with Crippen molar-refractivity contribution >= 4 is 23.3 Å². The number of aliphatic carboxylic acids is 1. The molecular weight excluding hydrogens is 246 g/mol. The van der Waals surface area contributed by atoms with E-state index in [9.17, 15) is 14.4 Å². The van der Waals surface area contributed by atoms with Crippen LogP contribution in [0.2, 0.25) is 0 Å². The summed E-state index contributed by atoms with van der Waals surface area (Å²) in [5.74, 6) is -1.84. The number of fused-ring (bicyclic) bond motifs is 1. The molecule has 5 heteroatoms. The van der Waals surface area contributed by atoms with Gasteiger partial charge in [0.05, 0.1) is 11.3 Å². The van der Waals surface area contributed by atoms with E-state index in [1.807, 2.05) is 13.0 Å². The van der Waals surface area contributed by atoms with Crippen LogP contribution in [-0.4, -0.2) is 29.3 Å². The summed E-state index contributed by atoms with van der Waals surface area (Å²) in [5, 5.41) is 8.55. The van der Waals surface area contributed by atoms with Crippen LogP contribution in [0, 0.1) is 6.92 Å². The van der Waals surface area contributed by atoms with Gasteiger partial charge in [0.2, 0.25) is 0 Å². The first-order valence-electron chi connectivity index (χ1n) is 6.19. The minimum atomic E-state index is -0.847. The lowest BCUT2D eigenvalue weighted by Crippen LogP contribution is -2.30. The minimum absolute atomic E-state index is 0.0801. The van der Waals surface area contributed by atoms with Crippen molar-refractivity contribution in [3.8, 4) is 0 Å². The summed E-state index contributed by atoms with van der Waals surface area (Å²) in [6.07, 6.45) is 1.14. The molecule has 0 saturated carbocycles. The Morgan fingerprint density at radius 3 is 2.68 bits per heavy atom. The molecule has 0 bridgehead atoms. The number of carboxylic acids is 1. The number of hydrogen-bond donors (Lipinski definition) is 1. The number of rotatable bonds is 5. The fourth-order valence-electron chi connectivity index (χ4n) is 2.18. The molecule has 1 amide bonds. The highest BCUT2D eigenvalue weighted by Crippen LogP contribution is 2.29. The SMILES string of the molecule is Cc1ccc2c(c1)C(=O)C(=O)N2CCCCC(=O)O. The Hall–Kier alpha value is -2.17. The third-order valence-corrected chi connectivity index (χ3v) is 3.15. The molecule has 0 fully saturated rings. The van der Waals surface area contributed by atoms with Gasteiger partial charge in [-0.3, -0.25) is 14.4 Å². The Bertz CT molecular complexity index is 550. The molecule has 19 heavy (non-hydrogen) atoms. The van der Waals surface area contributed by atoms with E-state index in [2.05, 4.69) is 0 Å². The number of benzene rings is 1. The standard InChI is InChI=1S/C14H15NO4/c1-9-5-6-11-10(8-9)13(18)14(19)15(11)7-3-2-4-12(16)17/h5-6,8H,2-4,7H2,1H3,(H,16,17). The molecule has 1 aromatic rings. The molecule has 0 saturated heterocycles. The van der Waals surface area contributed by atoms with Gasteiger partial charge in [-0.2, -0.15) is 0 Å². The van der Waals surface area contributed by atoms with Crippen LogP contribution in [0.5, 0.6) is 0 Å². The summed E-state index contributed by atoms with van der Waals surface area (Å²) >= 11 is 0. The van der Waals surface area contributed by atoms with Crippen LogP contribution >= 0.6 is 0 Å². The molecule has 1 heterocycles. The van der Waals surface area contributed by atoms with E-state index in [0.717, 1.165) is 5.56 Å². The molecule has 0 unspecified atom stereocenters. The van der Waals surface area contributed by atoms with Crippen LogP contribution in [0.4, 0.5) is 5.69 Å². The van der Waals surface area contributed by atoms with Crippen molar-refractivity contribution in [2.45, 2.75) is 26.2 Å². The second-order valence-electron chi connectivity index (χ2n) is 4.66. The zero-order chi connectivity index (χ0) is 14.0. The number of ketones is 1. The van der Waals surface area contributed by atoms with E-state index in [-0.39, 0.29) is 6.42 Å². The van der Waals surface area contributed by atoms with Crippen molar-refractivity contribution in [1.29, 1.82) is 0 Å². The van der Waals surface area contributed by atoms with Crippen molar-refractivity contribution in [2.75, 3.05) is 11.4 Å². The summed E-state index contributed by atoms with van der Waals surface area (Å²) in [6.45, 7) is 2.25. The first kappa shape index (κ1) is 13.3. The molecule has 1 aromatic carbocycles. The zero-order valence-electron chi connectivity index (χ0n) is 10.7. The number of hydrogen-bond acceptors (Lipinski definition) is 3. The Labute approximate surface area is 110 Å². The van der Waals surface area contributed by atoms with Gasteiger partial charge in [-0.1, -0.05) is 11.6 Å². The van der Waals surface area contributed by atoms with Crippen molar-refractivity contribution in [3.63, 3.8) is 0 Å². The van der Waals surface area contributed by atoms with Gasteiger partial charge in [-0.05, 0) is 31.9 Å². The first-order chi connectivity index (χ1) is 9.00. The largest absolute Gasteiger partial charge is 0.481 e. The topological polar surface area (TPSA) is 74.7 Å². The molecule has 5 nitrogen and oxygen atoms in total. The average molecular weight is 261 g/mol. The number of anilines is 1.